The fourth-order valence-electron chi connectivity index (χ4n) is 2.74. The van der Waals surface area contributed by atoms with Crippen LogP contribution in [0.2, 0.25) is 0 Å². The van der Waals surface area contributed by atoms with Crippen molar-refractivity contribution < 1.29 is 0 Å². The van der Waals surface area contributed by atoms with Crippen LogP contribution < -0.4 is 16.3 Å². The number of halogens is 2. The van der Waals surface area contributed by atoms with Crippen LogP contribution in [0.1, 0.15) is 12.0 Å². The van der Waals surface area contributed by atoms with Gasteiger partial charge >= 0.3 is 5.69 Å². The molecule has 1 fully saturated rings. The van der Waals surface area contributed by atoms with E-state index in [-0.39, 0.29) is 30.5 Å². The van der Waals surface area contributed by atoms with Gasteiger partial charge in [0, 0.05) is 38.9 Å². The van der Waals surface area contributed by atoms with Gasteiger partial charge in [-0.2, -0.15) is 5.10 Å². The molecule has 23 heavy (non-hydrogen) atoms. The second-order valence-corrected chi connectivity index (χ2v) is 5.53. The van der Waals surface area contributed by atoms with E-state index in [4.69, 9.17) is 0 Å². The second kappa shape index (κ2) is 9.12. The van der Waals surface area contributed by atoms with E-state index in [0.29, 0.717) is 5.65 Å². The van der Waals surface area contributed by atoms with Gasteiger partial charge in [0.05, 0.1) is 5.69 Å². The summed E-state index contributed by atoms with van der Waals surface area (Å²) >= 11 is 0. The van der Waals surface area contributed by atoms with Gasteiger partial charge in [-0.3, -0.25) is 0 Å². The molecule has 0 unspecified atom stereocenters. The summed E-state index contributed by atoms with van der Waals surface area (Å²) in [6, 6.07) is 2.03. The van der Waals surface area contributed by atoms with Crippen LogP contribution in [-0.2, 0) is 0 Å². The topological polar surface area (TPSA) is 77.5 Å². The molecule has 9 heteroatoms. The summed E-state index contributed by atoms with van der Waals surface area (Å²) in [4.78, 5) is 14.1. The molecule has 3 rings (SSSR count). The van der Waals surface area contributed by atoms with Crippen LogP contribution in [0.3, 0.4) is 0 Å². The summed E-state index contributed by atoms with van der Waals surface area (Å²) < 4.78 is 1.55. The summed E-state index contributed by atoms with van der Waals surface area (Å²) in [5, 5.41) is 13.3. The van der Waals surface area contributed by atoms with E-state index in [1.807, 2.05) is 13.0 Å². The molecule has 3 N–H and O–H groups in total. The Morgan fingerprint density at radius 1 is 1.30 bits per heavy atom. The van der Waals surface area contributed by atoms with Crippen LogP contribution in [0.4, 0.5) is 5.69 Å². The number of hydrogen-bond donors (Lipinski definition) is 3. The van der Waals surface area contributed by atoms with Gasteiger partial charge in [-0.05, 0) is 31.5 Å². The SMILES string of the molecule is Cc1cc(NCCCN2CCNCC2)c2n[nH]c(=O)n2c1.Cl.Cl. The van der Waals surface area contributed by atoms with E-state index >= 15 is 0 Å². The maximum atomic E-state index is 11.6. The van der Waals surface area contributed by atoms with Crippen LogP contribution in [0.25, 0.3) is 5.65 Å². The third-order valence-corrected chi connectivity index (χ3v) is 3.83. The van der Waals surface area contributed by atoms with Gasteiger partial charge in [0.25, 0.3) is 0 Å². The maximum Gasteiger partial charge on any atom is 0.347 e. The van der Waals surface area contributed by atoms with Gasteiger partial charge in [0.2, 0.25) is 0 Å². The molecule has 2 aromatic rings. The Bertz CT molecular complexity index is 665. The number of aryl methyl sites for hydroxylation is 1. The van der Waals surface area contributed by atoms with Crippen molar-refractivity contribution in [2.45, 2.75) is 13.3 Å². The van der Waals surface area contributed by atoms with E-state index < -0.39 is 0 Å². The predicted molar refractivity (Wildman–Crippen MR) is 97.5 cm³/mol. The first kappa shape index (κ1) is 19.8. The molecular formula is C14H24Cl2N6O. The predicted octanol–water partition coefficient (Wildman–Crippen LogP) is 0.882. The molecule has 7 nitrogen and oxygen atoms in total. The fourth-order valence-corrected chi connectivity index (χ4v) is 2.74. The molecule has 0 spiro atoms. The zero-order valence-corrected chi connectivity index (χ0v) is 14.8. The molecule has 0 bridgehead atoms. The third-order valence-electron chi connectivity index (χ3n) is 3.83. The summed E-state index contributed by atoms with van der Waals surface area (Å²) in [5.74, 6) is 0. The number of H-pyrrole nitrogens is 1. The lowest BCUT2D eigenvalue weighted by molar-refractivity contribution is 0.240. The molecule has 0 aliphatic carbocycles. The van der Waals surface area contributed by atoms with Crippen molar-refractivity contribution in [3.05, 3.63) is 28.3 Å². The summed E-state index contributed by atoms with van der Waals surface area (Å²) in [6.45, 7) is 8.39. The Kier molecular flexibility index (Phi) is 7.84. The zero-order valence-electron chi connectivity index (χ0n) is 13.2. The van der Waals surface area contributed by atoms with Crippen molar-refractivity contribution in [2.75, 3.05) is 44.6 Å². The molecular weight excluding hydrogens is 339 g/mol. The van der Waals surface area contributed by atoms with E-state index in [2.05, 4.69) is 25.7 Å². The average molecular weight is 363 g/mol. The fraction of sp³-hybridized carbons (Fsp3) is 0.571. The number of rotatable bonds is 5. The first-order valence-electron chi connectivity index (χ1n) is 7.48. The number of aromatic amines is 1. The summed E-state index contributed by atoms with van der Waals surface area (Å²) in [5.41, 5.74) is 2.41. The van der Waals surface area contributed by atoms with Crippen molar-refractivity contribution in [2.24, 2.45) is 0 Å². The normalized spacial score (nSPS) is 15.0. The smallest absolute Gasteiger partial charge is 0.347 e. The van der Waals surface area contributed by atoms with Gasteiger partial charge in [0.15, 0.2) is 5.65 Å². The number of fused-ring (bicyclic) bond motifs is 1. The van der Waals surface area contributed by atoms with E-state index in [0.717, 1.165) is 56.9 Å². The Morgan fingerprint density at radius 2 is 2.04 bits per heavy atom. The highest BCUT2D eigenvalue weighted by Gasteiger charge is 2.09. The van der Waals surface area contributed by atoms with Crippen LogP contribution >= 0.6 is 24.8 Å². The number of nitrogens with zero attached hydrogens (tertiary/aromatic N) is 3. The summed E-state index contributed by atoms with van der Waals surface area (Å²) in [6.07, 6.45) is 2.88. The van der Waals surface area contributed by atoms with Gasteiger partial charge in [-0.25, -0.2) is 14.3 Å². The van der Waals surface area contributed by atoms with Gasteiger partial charge in [0.1, 0.15) is 0 Å². The largest absolute Gasteiger partial charge is 0.382 e. The van der Waals surface area contributed by atoms with Gasteiger partial charge in [-0.15, -0.1) is 24.8 Å². The van der Waals surface area contributed by atoms with Crippen LogP contribution in [0.5, 0.6) is 0 Å². The number of piperazine rings is 1. The molecule has 0 amide bonds. The minimum Gasteiger partial charge on any atom is -0.382 e. The Balaban J connectivity index is 0.00000132. The van der Waals surface area contributed by atoms with Crippen molar-refractivity contribution in [1.82, 2.24) is 24.8 Å². The summed E-state index contributed by atoms with van der Waals surface area (Å²) in [7, 11) is 0. The molecule has 0 aromatic carbocycles. The molecule has 1 saturated heterocycles. The molecule has 130 valence electrons. The lowest BCUT2D eigenvalue weighted by Crippen LogP contribution is -2.44. The van der Waals surface area contributed by atoms with Crippen LogP contribution in [0, 0.1) is 6.92 Å². The van der Waals surface area contributed by atoms with Crippen molar-refractivity contribution in [1.29, 1.82) is 0 Å². The highest BCUT2D eigenvalue weighted by Crippen LogP contribution is 2.15. The Morgan fingerprint density at radius 3 is 2.78 bits per heavy atom. The second-order valence-electron chi connectivity index (χ2n) is 5.53. The number of aromatic nitrogens is 3. The Hall–Kier alpha value is -1.28. The highest BCUT2D eigenvalue weighted by molar-refractivity contribution is 5.85. The number of anilines is 1. The average Bonchev–Trinajstić information content (AvgIpc) is 2.86. The molecule has 2 aromatic heterocycles. The molecule has 3 heterocycles. The first-order valence-corrected chi connectivity index (χ1v) is 7.48. The number of nitrogens with one attached hydrogen (secondary N) is 3. The van der Waals surface area contributed by atoms with Crippen LogP contribution in [0.15, 0.2) is 17.1 Å². The molecule has 0 radical (unpaired) electrons. The molecule has 1 aliphatic heterocycles. The molecule has 0 saturated carbocycles. The molecule has 1 aliphatic rings. The lowest BCUT2D eigenvalue weighted by Gasteiger charge is -2.27. The highest BCUT2D eigenvalue weighted by atomic mass is 35.5. The molecule has 0 atom stereocenters. The minimum atomic E-state index is -0.197. The number of hydrogen-bond acceptors (Lipinski definition) is 5. The monoisotopic (exact) mass is 362 g/mol. The standard InChI is InChI=1S/C14H22N6O.2ClH/c1-11-9-12(13-17-18-14(21)20(13)10-11)16-3-2-6-19-7-4-15-5-8-19;;/h9-10,15-16H,2-8H2,1H3,(H,18,21);2*1H. The van der Waals surface area contributed by atoms with Gasteiger partial charge in [-0.1, -0.05) is 0 Å². The van der Waals surface area contributed by atoms with Crippen molar-refractivity contribution in [3.8, 4) is 0 Å². The lowest BCUT2D eigenvalue weighted by atomic mass is 10.2. The van der Waals surface area contributed by atoms with Crippen molar-refractivity contribution in [3.63, 3.8) is 0 Å². The minimum absolute atomic E-state index is 0. The van der Waals surface area contributed by atoms with Gasteiger partial charge < -0.3 is 15.5 Å². The van der Waals surface area contributed by atoms with E-state index in [1.54, 1.807) is 10.6 Å². The third kappa shape index (κ3) is 4.84. The quantitative estimate of drug-likeness (QED) is 0.688. The Labute approximate surface area is 147 Å². The van der Waals surface area contributed by atoms with E-state index in [1.165, 1.54) is 0 Å². The number of pyridine rings is 1. The zero-order chi connectivity index (χ0) is 14.7. The van der Waals surface area contributed by atoms with Crippen molar-refractivity contribution >= 4 is 36.1 Å². The van der Waals surface area contributed by atoms with Crippen LogP contribution in [-0.4, -0.2) is 58.8 Å². The first-order chi connectivity index (χ1) is 10.2. The maximum absolute atomic E-state index is 11.6. The van der Waals surface area contributed by atoms with E-state index in [9.17, 15) is 4.79 Å².